The number of nitriles is 1. The molecule has 0 aliphatic rings. The van der Waals surface area contributed by atoms with Gasteiger partial charge in [-0.3, -0.25) is 19.3 Å². The van der Waals surface area contributed by atoms with Crippen LogP contribution in [0.3, 0.4) is 0 Å². The lowest BCUT2D eigenvalue weighted by atomic mass is 9.92. The van der Waals surface area contributed by atoms with Gasteiger partial charge < -0.3 is 9.84 Å². The van der Waals surface area contributed by atoms with Gasteiger partial charge in [0, 0.05) is 38.5 Å². The van der Waals surface area contributed by atoms with Crippen LogP contribution in [0.15, 0.2) is 52.6 Å². The Kier molecular flexibility index (Phi) is 8.64. The molecule has 4 heterocycles. The Morgan fingerprint density at radius 2 is 1.80 bits per heavy atom. The molecule has 0 aliphatic heterocycles. The van der Waals surface area contributed by atoms with Gasteiger partial charge in [0.15, 0.2) is 0 Å². The zero-order valence-corrected chi connectivity index (χ0v) is 27.9. The second kappa shape index (κ2) is 12.6. The zero-order valence-electron chi connectivity index (χ0n) is 26.4. The minimum absolute atomic E-state index is 0.0439. The summed E-state index contributed by atoms with van der Waals surface area (Å²) >= 11 is 7.59. The van der Waals surface area contributed by atoms with E-state index < -0.39 is 34.4 Å². The number of benzene rings is 2. The van der Waals surface area contributed by atoms with Crippen LogP contribution < -0.4 is 10.3 Å². The first-order valence-electron chi connectivity index (χ1n) is 14.7. The predicted octanol–water partition coefficient (Wildman–Crippen LogP) is 8.29. The largest absolute Gasteiger partial charge is 0.491 e. The Bertz CT molecular complexity index is 2450. The van der Waals surface area contributed by atoms with Crippen molar-refractivity contribution >= 4 is 50.0 Å². The van der Waals surface area contributed by atoms with Crippen molar-refractivity contribution in [2.24, 2.45) is 0 Å². The average molecular weight is 704 g/mol. The minimum atomic E-state index is -4.86. The summed E-state index contributed by atoms with van der Waals surface area (Å²) in [5, 5.41) is 21.6. The summed E-state index contributed by atoms with van der Waals surface area (Å²) in [7, 11) is 0. The van der Waals surface area contributed by atoms with E-state index in [1.807, 2.05) is 6.07 Å². The van der Waals surface area contributed by atoms with E-state index in [2.05, 4.69) is 15.0 Å². The van der Waals surface area contributed by atoms with E-state index in [1.165, 1.54) is 28.2 Å². The molecular weight excluding hydrogens is 679 g/mol. The van der Waals surface area contributed by atoms with Crippen molar-refractivity contribution in [2.75, 3.05) is 6.61 Å². The van der Waals surface area contributed by atoms with Crippen LogP contribution >= 0.6 is 22.9 Å². The fourth-order valence-corrected chi connectivity index (χ4v) is 6.97. The first kappa shape index (κ1) is 33.6. The van der Waals surface area contributed by atoms with Crippen molar-refractivity contribution in [3.05, 3.63) is 103 Å². The summed E-state index contributed by atoms with van der Waals surface area (Å²) < 4.78 is 51.4. The number of alkyl halides is 3. The van der Waals surface area contributed by atoms with Gasteiger partial charge in [0.25, 0.3) is 5.56 Å². The van der Waals surface area contributed by atoms with Crippen molar-refractivity contribution in [1.82, 2.24) is 19.5 Å². The molecule has 9 nitrogen and oxygen atoms in total. The molecule has 2 aromatic carbocycles. The van der Waals surface area contributed by atoms with E-state index >= 15 is 0 Å². The Labute approximate surface area is 285 Å². The number of aromatic nitrogens is 4. The standard InChI is InChI=1S/C35H25ClF3N5O4S/c1-16-5-6-17(2)41-30(16)28-23(14-40)29-26(13-25(28)35(37,38)39)43-19(4)44(33(29)45)9-10-48-27-8-7-20(36)12-21(27)22-11-18(3)42-31-24(34(46)47)15-49-32(22)31/h5-8,11-13,15H,9-10H2,1-4H3,(H,46,47). The third-order valence-corrected chi connectivity index (χ3v) is 9.25. The van der Waals surface area contributed by atoms with E-state index in [-0.39, 0.29) is 41.1 Å². The summed E-state index contributed by atoms with van der Waals surface area (Å²) in [5.41, 5.74) is 0.00884. The van der Waals surface area contributed by atoms with Crippen molar-refractivity contribution < 1.29 is 27.8 Å². The van der Waals surface area contributed by atoms with Crippen LogP contribution in [-0.4, -0.2) is 37.2 Å². The Morgan fingerprint density at radius 1 is 1.04 bits per heavy atom. The molecular formula is C35H25ClF3N5O4S. The highest BCUT2D eigenvalue weighted by Crippen LogP contribution is 2.42. The van der Waals surface area contributed by atoms with Gasteiger partial charge >= 0.3 is 12.1 Å². The summed E-state index contributed by atoms with van der Waals surface area (Å²) in [5.74, 6) is -0.593. The van der Waals surface area contributed by atoms with E-state index in [0.29, 0.717) is 49.1 Å². The third-order valence-electron chi connectivity index (χ3n) is 8.01. The Balaban J connectivity index is 1.43. The molecule has 0 amide bonds. The normalized spacial score (nSPS) is 11.7. The fraction of sp³-hybridized carbons (Fsp3) is 0.200. The third kappa shape index (κ3) is 6.09. The average Bonchev–Trinajstić information content (AvgIpc) is 3.47. The lowest BCUT2D eigenvalue weighted by molar-refractivity contribution is -0.137. The summed E-state index contributed by atoms with van der Waals surface area (Å²) in [6.45, 7) is 6.30. The molecule has 0 aliphatic carbocycles. The molecule has 0 saturated carbocycles. The molecule has 0 atom stereocenters. The lowest BCUT2D eigenvalue weighted by Gasteiger charge is -2.19. The molecule has 0 fully saturated rings. The number of aryl methyl sites for hydroxylation is 4. The molecule has 0 spiro atoms. The highest BCUT2D eigenvalue weighted by molar-refractivity contribution is 7.18. The first-order chi connectivity index (χ1) is 23.2. The second-order valence-corrected chi connectivity index (χ2v) is 12.7. The lowest BCUT2D eigenvalue weighted by Crippen LogP contribution is -2.28. The van der Waals surface area contributed by atoms with Crippen LogP contribution in [-0.2, 0) is 12.7 Å². The van der Waals surface area contributed by atoms with Gasteiger partial charge in [-0.2, -0.15) is 18.4 Å². The van der Waals surface area contributed by atoms with Crippen LogP contribution in [0.1, 0.15) is 44.3 Å². The number of nitrogens with zero attached hydrogens (tertiary/aromatic N) is 5. The molecule has 1 N–H and O–H groups in total. The number of thiophene rings is 1. The Hall–Kier alpha value is -5.32. The highest BCUT2D eigenvalue weighted by Gasteiger charge is 2.38. The van der Waals surface area contributed by atoms with Gasteiger partial charge in [0.2, 0.25) is 0 Å². The van der Waals surface area contributed by atoms with E-state index in [4.69, 9.17) is 16.3 Å². The highest BCUT2D eigenvalue weighted by atomic mass is 35.5. The molecule has 0 bridgehead atoms. The minimum Gasteiger partial charge on any atom is -0.491 e. The number of aromatic carboxylic acids is 1. The maximum absolute atomic E-state index is 14.4. The van der Waals surface area contributed by atoms with Gasteiger partial charge in [-0.25, -0.2) is 9.78 Å². The maximum atomic E-state index is 14.4. The van der Waals surface area contributed by atoms with Crippen LogP contribution in [0.5, 0.6) is 5.75 Å². The van der Waals surface area contributed by atoms with Crippen molar-refractivity contribution in [2.45, 2.75) is 40.4 Å². The molecule has 0 unspecified atom stereocenters. The summed E-state index contributed by atoms with van der Waals surface area (Å²) in [4.78, 5) is 38.9. The van der Waals surface area contributed by atoms with Crippen LogP contribution in [0.4, 0.5) is 13.2 Å². The quantitative estimate of drug-likeness (QED) is 0.176. The molecule has 14 heteroatoms. The summed E-state index contributed by atoms with van der Waals surface area (Å²) in [6, 6.07) is 12.6. The molecule has 6 rings (SSSR count). The van der Waals surface area contributed by atoms with Gasteiger partial charge in [0.1, 0.15) is 24.3 Å². The second-order valence-electron chi connectivity index (χ2n) is 11.3. The number of hydrogen-bond donors (Lipinski definition) is 1. The van der Waals surface area contributed by atoms with Crippen LogP contribution in [0, 0.1) is 39.0 Å². The van der Waals surface area contributed by atoms with Gasteiger partial charge in [-0.15, -0.1) is 11.3 Å². The first-order valence-corrected chi connectivity index (χ1v) is 16.0. The van der Waals surface area contributed by atoms with Gasteiger partial charge in [0.05, 0.1) is 50.0 Å². The number of hydrogen-bond acceptors (Lipinski definition) is 8. The van der Waals surface area contributed by atoms with Crippen molar-refractivity contribution in [3.8, 4) is 34.2 Å². The fourth-order valence-electron chi connectivity index (χ4n) is 5.79. The SMILES string of the molecule is Cc1ccc(C)c(-c2c(C(F)(F)F)cc3nc(C)n(CCOc4ccc(Cl)cc4-c4cc(C)nc5c(C(=O)O)csc45)c(=O)c3c2C#N)n1. The van der Waals surface area contributed by atoms with Gasteiger partial charge in [-0.1, -0.05) is 17.7 Å². The van der Waals surface area contributed by atoms with E-state index in [9.17, 15) is 33.1 Å². The number of carboxylic acid groups (broad SMARTS) is 1. The van der Waals surface area contributed by atoms with Gasteiger partial charge in [-0.05, 0) is 69.7 Å². The van der Waals surface area contributed by atoms with Crippen LogP contribution in [0.25, 0.3) is 43.5 Å². The van der Waals surface area contributed by atoms with Crippen LogP contribution in [0.2, 0.25) is 5.02 Å². The van der Waals surface area contributed by atoms with Crippen molar-refractivity contribution in [3.63, 3.8) is 0 Å². The Morgan fingerprint density at radius 3 is 2.49 bits per heavy atom. The number of ether oxygens (including phenoxy) is 1. The van der Waals surface area contributed by atoms with E-state index in [0.717, 1.165) is 6.07 Å². The maximum Gasteiger partial charge on any atom is 0.417 e. The smallest absolute Gasteiger partial charge is 0.417 e. The summed E-state index contributed by atoms with van der Waals surface area (Å²) in [6.07, 6.45) is -4.86. The number of pyridine rings is 2. The number of fused-ring (bicyclic) bond motifs is 2. The topological polar surface area (TPSA) is 131 Å². The molecule has 4 aromatic heterocycles. The molecule has 0 saturated heterocycles. The number of carbonyl (C=O) groups is 1. The van der Waals surface area contributed by atoms with Crippen molar-refractivity contribution in [1.29, 1.82) is 5.26 Å². The monoisotopic (exact) mass is 703 g/mol. The van der Waals surface area contributed by atoms with E-state index in [1.54, 1.807) is 57.2 Å². The number of rotatable bonds is 7. The number of halogens is 4. The predicted molar refractivity (Wildman–Crippen MR) is 180 cm³/mol. The molecule has 248 valence electrons. The molecule has 49 heavy (non-hydrogen) atoms. The molecule has 0 radical (unpaired) electrons. The molecule has 6 aromatic rings. The number of carboxylic acids is 1. The zero-order chi connectivity index (χ0) is 35.4.